The lowest BCUT2D eigenvalue weighted by Gasteiger charge is -2.40. The molecule has 1 aliphatic rings. The molecule has 0 radical (unpaired) electrons. The van der Waals surface area contributed by atoms with E-state index in [-0.39, 0.29) is 12.5 Å². The molecule has 0 spiro atoms. The molecular formula is C62H113NO8. The summed E-state index contributed by atoms with van der Waals surface area (Å²) >= 11 is 0. The first kappa shape index (κ1) is 66.9. The fourth-order valence-corrected chi connectivity index (χ4v) is 9.28. The Balaban J connectivity index is 2.22. The summed E-state index contributed by atoms with van der Waals surface area (Å²) in [6.45, 7) is 3.77. The maximum atomic E-state index is 13.1. The molecule has 0 aliphatic carbocycles. The normalized spacial score (nSPS) is 19.7. The summed E-state index contributed by atoms with van der Waals surface area (Å²) in [5.74, 6) is -0.191. The molecule has 9 nitrogen and oxygen atoms in total. The Morgan fingerprint density at radius 2 is 0.845 bits per heavy atom. The first-order chi connectivity index (χ1) is 34.8. The predicted molar refractivity (Wildman–Crippen MR) is 299 cm³/mol. The van der Waals surface area contributed by atoms with Crippen LogP contribution >= 0.6 is 0 Å². The van der Waals surface area contributed by atoms with Crippen LogP contribution in [0.15, 0.2) is 60.8 Å². The van der Waals surface area contributed by atoms with Gasteiger partial charge >= 0.3 is 0 Å². The number of aliphatic hydroxyl groups excluding tert-OH is 5. The van der Waals surface area contributed by atoms with Crippen LogP contribution in [-0.2, 0) is 14.3 Å². The number of hydrogen-bond acceptors (Lipinski definition) is 8. The van der Waals surface area contributed by atoms with Crippen LogP contribution in [0.4, 0.5) is 0 Å². The van der Waals surface area contributed by atoms with E-state index in [1.165, 1.54) is 199 Å². The van der Waals surface area contributed by atoms with Crippen molar-refractivity contribution < 1.29 is 39.8 Å². The molecule has 414 valence electrons. The zero-order valence-electron chi connectivity index (χ0n) is 46.0. The van der Waals surface area contributed by atoms with Gasteiger partial charge in [0.15, 0.2) is 6.29 Å². The summed E-state index contributed by atoms with van der Waals surface area (Å²) in [5, 5.41) is 54.5. The van der Waals surface area contributed by atoms with E-state index in [1.807, 2.05) is 6.08 Å². The molecule has 0 aromatic rings. The Hall–Kier alpha value is -2.11. The van der Waals surface area contributed by atoms with Gasteiger partial charge in [-0.15, -0.1) is 0 Å². The van der Waals surface area contributed by atoms with E-state index in [4.69, 9.17) is 9.47 Å². The molecule has 1 heterocycles. The molecule has 1 amide bonds. The van der Waals surface area contributed by atoms with Gasteiger partial charge in [0.2, 0.25) is 5.91 Å². The van der Waals surface area contributed by atoms with Crippen molar-refractivity contribution in [1.29, 1.82) is 0 Å². The van der Waals surface area contributed by atoms with Gasteiger partial charge in [-0.1, -0.05) is 248 Å². The van der Waals surface area contributed by atoms with Gasteiger partial charge in [-0.25, -0.2) is 0 Å². The van der Waals surface area contributed by atoms with Gasteiger partial charge in [0.25, 0.3) is 0 Å². The van der Waals surface area contributed by atoms with Crippen LogP contribution in [0.1, 0.15) is 271 Å². The van der Waals surface area contributed by atoms with Crippen LogP contribution in [0.2, 0.25) is 0 Å². The van der Waals surface area contributed by atoms with E-state index in [2.05, 4.69) is 67.8 Å². The Kier molecular flexibility index (Phi) is 48.4. The maximum absolute atomic E-state index is 13.1. The average Bonchev–Trinajstić information content (AvgIpc) is 3.37. The Bertz CT molecular complexity index is 1300. The number of nitrogens with one attached hydrogen (secondary N) is 1. The van der Waals surface area contributed by atoms with Crippen LogP contribution in [0.25, 0.3) is 0 Å². The van der Waals surface area contributed by atoms with Crippen molar-refractivity contribution in [3.05, 3.63) is 60.8 Å². The number of hydrogen-bond donors (Lipinski definition) is 6. The molecule has 6 N–H and O–H groups in total. The van der Waals surface area contributed by atoms with Crippen molar-refractivity contribution in [1.82, 2.24) is 5.32 Å². The highest BCUT2D eigenvalue weighted by molar-refractivity contribution is 5.76. The third-order valence-electron chi connectivity index (χ3n) is 14.0. The van der Waals surface area contributed by atoms with Gasteiger partial charge in [-0.05, 0) is 77.0 Å². The lowest BCUT2D eigenvalue weighted by Crippen LogP contribution is -2.60. The zero-order chi connectivity index (χ0) is 51.5. The van der Waals surface area contributed by atoms with E-state index < -0.39 is 49.5 Å². The third kappa shape index (κ3) is 40.9. The molecule has 9 heteroatoms. The van der Waals surface area contributed by atoms with Gasteiger partial charge in [-0.2, -0.15) is 0 Å². The number of ether oxygens (including phenoxy) is 2. The molecule has 1 aliphatic heterocycles. The topological polar surface area (TPSA) is 149 Å². The van der Waals surface area contributed by atoms with Crippen molar-refractivity contribution in [3.8, 4) is 0 Å². The van der Waals surface area contributed by atoms with Crippen LogP contribution in [0, 0.1) is 0 Å². The van der Waals surface area contributed by atoms with Gasteiger partial charge in [0, 0.05) is 6.42 Å². The Morgan fingerprint density at radius 3 is 1.27 bits per heavy atom. The Labute approximate surface area is 436 Å². The number of aliphatic hydroxyl groups is 5. The summed E-state index contributed by atoms with van der Waals surface area (Å²) in [6.07, 6.45) is 62.9. The minimum absolute atomic E-state index is 0.191. The fourth-order valence-electron chi connectivity index (χ4n) is 9.28. The summed E-state index contributed by atoms with van der Waals surface area (Å²) < 4.78 is 11.3. The molecule has 7 unspecified atom stereocenters. The average molecular weight is 1000 g/mol. The lowest BCUT2D eigenvalue weighted by molar-refractivity contribution is -0.302. The quantitative estimate of drug-likeness (QED) is 0.0261. The van der Waals surface area contributed by atoms with Crippen LogP contribution in [0.3, 0.4) is 0 Å². The summed E-state index contributed by atoms with van der Waals surface area (Å²) in [7, 11) is 0. The number of allylic oxidation sites excluding steroid dienone is 9. The minimum atomic E-state index is -1.58. The SMILES string of the molecule is CCCCCCCCCCC/C=C\C/C=C\CCCCCCCCCCCCCCCC(=O)NC(COC1OC(CO)C(O)C(O)C1O)C(O)/C=C/CC/C=C/CC/C=C/CCCCCCCCCCC. The van der Waals surface area contributed by atoms with Crippen molar-refractivity contribution in [2.75, 3.05) is 13.2 Å². The van der Waals surface area contributed by atoms with Gasteiger partial charge in [0.05, 0.1) is 25.4 Å². The molecule has 1 rings (SSSR count). The highest BCUT2D eigenvalue weighted by Gasteiger charge is 2.44. The molecule has 0 aromatic heterocycles. The van der Waals surface area contributed by atoms with Crippen molar-refractivity contribution in [2.24, 2.45) is 0 Å². The van der Waals surface area contributed by atoms with E-state index in [1.54, 1.807) is 6.08 Å². The molecule has 1 fully saturated rings. The van der Waals surface area contributed by atoms with Gasteiger partial charge in [0.1, 0.15) is 24.4 Å². The van der Waals surface area contributed by atoms with E-state index in [9.17, 15) is 30.3 Å². The Morgan fingerprint density at radius 1 is 0.479 bits per heavy atom. The number of rotatable bonds is 51. The molecule has 1 saturated heterocycles. The minimum Gasteiger partial charge on any atom is -0.394 e. The molecule has 0 saturated carbocycles. The zero-order valence-corrected chi connectivity index (χ0v) is 46.0. The largest absolute Gasteiger partial charge is 0.394 e. The number of carbonyl (C=O) groups is 1. The molecule has 0 aromatic carbocycles. The van der Waals surface area contributed by atoms with Crippen LogP contribution in [-0.4, -0.2) is 87.5 Å². The lowest BCUT2D eigenvalue weighted by atomic mass is 9.99. The highest BCUT2D eigenvalue weighted by atomic mass is 16.7. The molecule has 71 heavy (non-hydrogen) atoms. The first-order valence-electron chi connectivity index (χ1n) is 30.0. The van der Waals surface area contributed by atoms with Crippen molar-refractivity contribution in [2.45, 2.75) is 314 Å². The fraction of sp³-hybridized carbons (Fsp3) is 0.823. The van der Waals surface area contributed by atoms with E-state index in [0.29, 0.717) is 6.42 Å². The third-order valence-corrected chi connectivity index (χ3v) is 14.0. The smallest absolute Gasteiger partial charge is 0.220 e. The summed E-state index contributed by atoms with van der Waals surface area (Å²) in [6, 6.07) is -0.831. The van der Waals surface area contributed by atoms with E-state index in [0.717, 1.165) is 51.4 Å². The predicted octanol–water partition coefficient (Wildman–Crippen LogP) is 15.1. The van der Waals surface area contributed by atoms with Crippen molar-refractivity contribution >= 4 is 5.91 Å². The second-order valence-electron chi connectivity index (χ2n) is 20.8. The summed E-state index contributed by atoms with van der Waals surface area (Å²) in [5.41, 5.74) is 0. The standard InChI is InChI=1S/C62H113NO8/c1-3-5-7-9-11-13-15-17-19-21-23-24-25-26-27-28-29-30-31-32-34-36-38-40-42-44-46-48-50-52-58(66)63-55(54-70-62-61(69)60(68)59(67)57(53-64)71-62)56(65)51-49-47-45-43-41-39-37-35-33-22-20-18-16-14-12-10-8-6-4-2/h23-24,26-27,33,35,41,43,49,51,55-57,59-62,64-65,67-69H,3-22,25,28-32,34,36-40,42,44-48,50,52-54H2,1-2H3,(H,63,66)/b24-23-,27-26-,35-33+,43-41+,51-49+. The second kappa shape index (κ2) is 51.4. The van der Waals surface area contributed by atoms with Gasteiger partial charge < -0.3 is 40.3 Å². The maximum Gasteiger partial charge on any atom is 0.220 e. The highest BCUT2D eigenvalue weighted by Crippen LogP contribution is 2.23. The summed E-state index contributed by atoms with van der Waals surface area (Å²) in [4.78, 5) is 13.1. The molecular weight excluding hydrogens is 887 g/mol. The number of unbranched alkanes of at least 4 members (excludes halogenated alkanes) is 33. The number of amides is 1. The first-order valence-corrected chi connectivity index (χ1v) is 30.0. The molecule has 0 bridgehead atoms. The van der Waals surface area contributed by atoms with Gasteiger partial charge in [-0.3, -0.25) is 4.79 Å². The van der Waals surface area contributed by atoms with Crippen LogP contribution in [0.5, 0.6) is 0 Å². The van der Waals surface area contributed by atoms with Crippen molar-refractivity contribution in [3.63, 3.8) is 0 Å². The monoisotopic (exact) mass is 1000 g/mol. The van der Waals surface area contributed by atoms with Crippen LogP contribution < -0.4 is 5.32 Å². The second-order valence-corrected chi connectivity index (χ2v) is 20.8. The molecule has 7 atom stereocenters. The van der Waals surface area contributed by atoms with E-state index >= 15 is 0 Å². The number of carbonyl (C=O) groups excluding carboxylic acids is 1.